The molecule has 6 rings (SSSR count). The second-order valence-electron chi connectivity index (χ2n) is 11.3. The van der Waals surface area contributed by atoms with Gasteiger partial charge >= 0.3 is 5.76 Å². The van der Waals surface area contributed by atoms with Crippen molar-refractivity contribution in [3.63, 3.8) is 0 Å². The fourth-order valence-electron chi connectivity index (χ4n) is 5.82. The van der Waals surface area contributed by atoms with Gasteiger partial charge in [0.25, 0.3) is 0 Å². The topological polar surface area (TPSA) is 67.9 Å². The number of nitrogens with zero attached hydrogens (tertiary/aromatic N) is 3. The van der Waals surface area contributed by atoms with E-state index in [1.807, 2.05) is 96.9 Å². The quantitative estimate of drug-likeness (QED) is 0.192. The van der Waals surface area contributed by atoms with Crippen molar-refractivity contribution in [1.29, 1.82) is 0 Å². The van der Waals surface area contributed by atoms with Crippen molar-refractivity contribution in [2.45, 2.75) is 38.5 Å². The van der Waals surface area contributed by atoms with E-state index in [9.17, 15) is 9.59 Å². The van der Waals surface area contributed by atoms with Crippen molar-refractivity contribution in [2.24, 2.45) is 0 Å². The zero-order chi connectivity index (χ0) is 29.6. The van der Waals surface area contributed by atoms with E-state index in [0.717, 1.165) is 47.6 Å². The fourth-order valence-corrected chi connectivity index (χ4v) is 5.82. The Labute approximate surface area is 251 Å². The maximum Gasteiger partial charge on any atom is 0.420 e. The Kier molecular flexibility index (Phi) is 8.70. The van der Waals surface area contributed by atoms with Gasteiger partial charge in [0, 0.05) is 13.6 Å². The minimum absolute atomic E-state index is 0.0135. The summed E-state index contributed by atoms with van der Waals surface area (Å²) < 4.78 is 13.3. The summed E-state index contributed by atoms with van der Waals surface area (Å²) in [6, 6.07) is 33.5. The zero-order valence-electron chi connectivity index (χ0n) is 24.5. The van der Waals surface area contributed by atoms with Gasteiger partial charge in [-0.2, -0.15) is 0 Å². The van der Waals surface area contributed by atoms with Crippen LogP contribution >= 0.6 is 0 Å². The highest BCUT2D eigenvalue weighted by atomic mass is 16.5. The minimum Gasteiger partial charge on any atom is -0.489 e. The summed E-state index contributed by atoms with van der Waals surface area (Å²) in [4.78, 5) is 30.8. The summed E-state index contributed by atoms with van der Waals surface area (Å²) in [7, 11) is 1.89. The van der Waals surface area contributed by atoms with Crippen molar-refractivity contribution < 1.29 is 13.9 Å². The lowest BCUT2D eigenvalue weighted by molar-refractivity contribution is -0.131. The van der Waals surface area contributed by atoms with Gasteiger partial charge in [0.1, 0.15) is 12.4 Å². The molecule has 0 spiro atoms. The van der Waals surface area contributed by atoms with Crippen LogP contribution in [-0.2, 0) is 24.4 Å². The molecule has 1 atom stereocenters. The third kappa shape index (κ3) is 6.89. The van der Waals surface area contributed by atoms with Crippen LogP contribution in [0.15, 0.2) is 112 Å². The average Bonchev–Trinajstić information content (AvgIpc) is 3.67. The van der Waals surface area contributed by atoms with Crippen molar-refractivity contribution >= 4 is 17.0 Å². The highest BCUT2D eigenvalue weighted by Gasteiger charge is 2.26. The van der Waals surface area contributed by atoms with E-state index in [0.29, 0.717) is 24.3 Å². The molecule has 0 N–H and O–H groups in total. The number of ether oxygens (including phenoxy) is 1. The third-order valence-corrected chi connectivity index (χ3v) is 8.25. The monoisotopic (exact) mass is 575 g/mol. The van der Waals surface area contributed by atoms with E-state index >= 15 is 0 Å². The summed E-state index contributed by atoms with van der Waals surface area (Å²) in [5.74, 6) is 0.398. The number of carbonyl (C=O) groups is 1. The van der Waals surface area contributed by atoms with E-state index in [-0.39, 0.29) is 18.4 Å². The molecule has 7 heteroatoms. The standard InChI is InChI=1S/C36H37N3O4/c1-37(35(40)22-29-17-18-34-32(21-29)39(36(41)43-34)24-27-11-4-2-5-12-27)33(25-38-19-8-9-20-38)30-15-10-16-31(23-30)42-26-28-13-6-3-7-14-28/h2-7,10-18,21,23,33H,8-9,19-20,22,24-26H2,1H3. The van der Waals surface area contributed by atoms with Gasteiger partial charge < -0.3 is 19.0 Å². The van der Waals surface area contributed by atoms with Crippen molar-refractivity contribution in [3.05, 3.63) is 136 Å². The SMILES string of the molecule is CN(C(=O)Cc1ccc2oc(=O)n(Cc3ccccc3)c2c1)C(CN1CCCC1)c1cccc(OCc2ccccc2)c1. The largest absolute Gasteiger partial charge is 0.489 e. The number of likely N-dealkylation sites (N-methyl/N-ethyl adjacent to an activating group) is 1. The smallest absolute Gasteiger partial charge is 0.420 e. The summed E-state index contributed by atoms with van der Waals surface area (Å²) in [5.41, 5.74) is 5.22. The third-order valence-electron chi connectivity index (χ3n) is 8.25. The maximum absolute atomic E-state index is 13.8. The van der Waals surface area contributed by atoms with Crippen molar-refractivity contribution in [2.75, 3.05) is 26.7 Å². The molecule has 7 nitrogen and oxygen atoms in total. The van der Waals surface area contributed by atoms with Gasteiger partial charge in [-0.25, -0.2) is 4.79 Å². The number of likely N-dealkylation sites (tertiary alicyclic amines) is 1. The second-order valence-corrected chi connectivity index (χ2v) is 11.3. The lowest BCUT2D eigenvalue weighted by atomic mass is 10.0. The molecule has 0 saturated carbocycles. The van der Waals surface area contributed by atoms with E-state index in [1.54, 1.807) is 10.6 Å². The molecule has 43 heavy (non-hydrogen) atoms. The first-order chi connectivity index (χ1) is 21.0. The molecule has 0 aliphatic carbocycles. The zero-order valence-corrected chi connectivity index (χ0v) is 24.5. The molecule has 5 aromatic rings. The van der Waals surface area contributed by atoms with E-state index < -0.39 is 5.76 Å². The Morgan fingerprint density at radius 3 is 2.33 bits per heavy atom. The molecule has 0 bridgehead atoms. The molecule has 1 amide bonds. The number of hydrogen-bond donors (Lipinski definition) is 0. The average molecular weight is 576 g/mol. The Morgan fingerprint density at radius 1 is 0.860 bits per heavy atom. The van der Waals surface area contributed by atoms with Gasteiger partial charge in [-0.3, -0.25) is 9.36 Å². The molecule has 220 valence electrons. The summed E-state index contributed by atoms with van der Waals surface area (Å²) in [5, 5.41) is 0. The number of rotatable bonds is 11. The Balaban J connectivity index is 1.21. The number of aromatic nitrogens is 1. The lowest BCUT2D eigenvalue weighted by Crippen LogP contribution is -2.39. The van der Waals surface area contributed by atoms with Crippen LogP contribution < -0.4 is 10.5 Å². The minimum atomic E-state index is -0.403. The first kappa shape index (κ1) is 28.5. The van der Waals surface area contributed by atoms with Crippen LogP contribution in [0.25, 0.3) is 11.1 Å². The lowest BCUT2D eigenvalue weighted by Gasteiger charge is -2.32. The van der Waals surface area contributed by atoms with Crippen LogP contribution in [0.2, 0.25) is 0 Å². The number of amides is 1. The highest BCUT2D eigenvalue weighted by Crippen LogP contribution is 2.28. The molecule has 1 saturated heterocycles. The molecular formula is C36H37N3O4. The molecule has 1 aliphatic rings. The van der Waals surface area contributed by atoms with Gasteiger partial charge in [0.15, 0.2) is 5.58 Å². The Morgan fingerprint density at radius 2 is 1.58 bits per heavy atom. The molecule has 1 fully saturated rings. The second kappa shape index (κ2) is 13.1. The molecule has 4 aromatic carbocycles. The normalized spacial score (nSPS) is 14.2. The van der Waals surface area contributed by atoms with Gasteiger partial charge in [0.2, 0.25) is 5.91 Å². The van der Waals surface area contributed by atoms with E-state index in [4.69, 9.17) is 9.15 Å². The van der Waals surface area contributed by atoms with Crippen LogP contribution in [0.4, 0.5) is 0 Å². The number of carbonyl (C=O) groups excluding carboxylic acids is 1. The molecule has 1 aliphatic heterocycles. The van der Waals surface area contributed by atoms with Crippen LogP contribution in [0, 0.1) is 0 Å². The predicted octanol–water partition coefficient (Wildman–Crippen LogP) is 6.06. The van der Waals surface area contributed by atoms with Crippen LogP contribution in [0.3, 0.4) is 0 Å². The van der Waals surface area contributed by atoms with Crippen LogP contribution in [-0.4, -0.2) is 47.0 Å². The first-order valence-corrected chi connectivity index (χ1v) is 14.9. The summed E-state index contributed by atoms with van der Waals surface area (Å²) >= 11 is 0. The summed E-state index contributed by atoms with van der Waals surface area (Å²) in [6.07, 6.45) is 2.58. The Bertz CT molecular complexity index is 1720. The molecule has 0 radical (unpaired) electrons. The number of fused-ring (bicyclic) bond motifs is 1. The number of benzene rings is 4. The van der Waals surface area contributed by atoms with E-state index in [2.05, 4.69) is 17.0 Å². The van der Waals surface area contributed by atoms with Gasteiger partial charge in [0.05, 0.1) is 24.5 Å². The van der Waals surface area contributed by atoms with Gasteiger partial charge in [-0.15, -0.1) is 0 Å². The molecule has 2 heterocycles. The fraction of sp³-hybridized carbons (Fsp3) is 0.278. The van der Waals surface area contributed by atoms with Crippen LogP contribution in [0.5, 0.6) is 5.75 Å². The van der Waals surface area contributed by atoms with Crippen molar-refractivity contribution in [1.82, 2.24) is 14.4 Å². The number of oxazole rings is 1. The highest BCUT2D eigenvalue weighted by molar-refractivity contribution is 5.81. The van der Waals surface area contributed by atoms with Gasteiger partial charge in [-0.05, 0) is 72.5 Å². The van der Waals surface area contributed by atoms with Crippen LogP contribution in [0.1, 0.15) is 41.1 Å². The van der Waals surface area contributed by atoms with Crippen molar-refractivity contribution in [3.8, 4) is 5.75 Å². The molecule has 1 aromatic heterocycles. The Hall–Kier alpha value is -4.62. The predicted molar refractivity (Wildman–Crippen MR) is 168 cm³/mol. The van der Waals surface area contributed by atoms with Gasteiger partial charge in [-0.1, -0.05) is 78.9 Å². The first-order valence-electron chi connectivity index (χ1n) is 14.9. The molecular weight excluding hydrogens is 538 g/mol. The summed E-state index contributed by atoms with van der Waals surface area (Å²) in [6.45, 7) is 3.74. The number of hydrogen-bond acceptors (Lipinski definition) is 5. The maximum atomic E-state index is 13.8. The molecule has 1 unspecified atom stereocenters. The van der Waals surface area contributed by atoms with E-state index in [1.165, 1.54) is 12.8 Å².